The highest BCUT2D eigenvalue weighted by atomic mass is 35.5. The number of ether oxygens (including phenoxy) is 1. The zero-order valence-electron chi connectivity index (χ0n) is 18.2. The molecule has 31 heavy (non-hydrogen) atoms. The fourth-order valence-electron chi connectivity index (χ4n) is 2.75. The minimum Gasteiger partial charge on any atom is -0.383 e. The Morgan fingerprint density at radius 3 is 2.48 bits per heavy atom. The van der Waals surface area contributed by atoms with Gasteiger partial charge in [0.05, 0.1) is 16.7 Å². The molecule has 7 nitrogen and oxygen atoms in total. The smallest absolute Gasteiger partial charge is 0.383 e. The van der Waals surface area contributed by atoms with Gasteiger partial charge in [-0.2, -0.15) is 13.2 Å². The number of nitrogens with zero attached hydrogens (tertiary/aromatic N) is 3. The van der Waals surface area contributed by atoms with E-state index in [1.54, 1.807) is 0 Å². The molecule has 0 aromatic carbocycles. The van der Waals surface area contributed by atoms with Gasteiger partial charge in [0.25, 0.3) is 0 Å². The Hall–Kier alpha value is -1.34. The summed E-state index contributed by atoms with van der Waals surface area (Å²) in [6, 6.07) is 2.14. The number of sulfonamides is 1. The zero-order chi connectivity index (χ0) is 23.6. The minimum atomic E-state index is -4.64. The van der Waals surface area contributed by atoms with E-state index >= 15 is 0 Å². The van der Waals surface area contributed by atoms with Gasteiger partial charge in [0.15, 0.2) is 0 Å². The van der Waals surface area contributed by atoms with Crippen molar-refractivity contribution < 1.29 is 26.3 Å². The summed E-state index contributed by atoms with van der Waals surface area (Å²) in [6.07, 6.45) is -3.69. The first kappa shape index (κ1) is 25.9. The van der Waals surface area contributed by atoms with Crippen molar-refractivity contribution in [2.45, 2.75) is 38.6 Å². The van der Waals surface area contributed by atoms with E-state index in [1.807, 2.05) is 0 Å². The molecule has 1 N–H and O–H groups in total. The number of pyridine rings is 1. The number of hydrogen-bond acceptors (Lipinski definition) is 5. The number of rotatable bonds is 10. The number of aromatic nitrogens is 2. The SMILES string of the molecule is CN(C)S(=O)(=O)CCNc1cc(Cl)nc2c1c(C(F)(F)F)cn2COCC[Si](C)(C)C. The Labute approximate surface area is 186 Å². The fraction of sp³-hybridized carbons (Fsp3) is 0.611. The molecule has 0 fully saturated rings. The largest absolute Gasteiger partial charge is 0.418 e. The van der Waals surface area contributed by atoms with Crippen LogP contribution in [0.4, 0.5) is 18.9 Å². The van der Waals surface area contributed by atoms with E-state index in [1.165, 1.54) is 24.7 Å². The monoisotopic (exact) mass is 500 g/mol. The average molecular weight is 501 g/mol. The topological polar surface area (TPSA) is 76.5 Å². The average Bonchev–Trinajstić information content (AvgIpc) is 2.96. The third-order valence-electron chi connectivity index (χ3n) is 4.56. The molecule has 0 saturated heterocycles. The van der Waals surface area contributed by atoms with Crippen molar-refractivity contribution in [3.05, 3.63) is 23.0 Å². The van der Waals surface area contributed by atoms with E-state index < -0.39 is 29.8 Å². The van der Waals surface area contributed by atoms with E-state index in [4.69, 9.17) is 16.3 Å². The highest BCUT2D eigenvalue weighted by Gasteiger charge is 2.36. The molecule has 13 heteroatoms. The van der Waals surface area contributed by atoms with Crippen molar-refractivity contribution in [2.75, 3.05) is 38.3 Å². The number of fused-ring (bicyclic) bond motifs is 1. The lowest BCUT2D eigenvalue weighted by Gasteiger charge is -2.16. The highest BCUT2D eigenvalue weighted by molar-refractivity contribution is 7.89. The molecule has 0 aliphatic carbocycles. The maximum Gasteiger partial charge on any atom is 0.418 e. The Morgan fingerprint density at radius 2 is 1.94 bits per heavy atom. The molecule has 0 amide bonds. The summed E-state index contributed by atoms with van der Waals surface area (Å²) < 4.78 is 73.0. The van der Waals surface area contributed by atoms with Crippen LogP contribution in [0.1, 0.15) is 5.56 Å². The summed E-state index contributed by atoms with van der Waals surface area (Å²) in [6.45, 7) is 6.78. The maximum absolute atomic E-state index is 13.7. The van der Waals surface area contributed by atoms with Crippen molar-refractivity contribution in [3.8, 4) is 0 Å². The van der Waals surface area contributed by atoms with Crippen molar-refractivity contribution in [1.82, 2.24) is 13.9 Å². The number of hydrogen-bond donors (Lipinski definition) is 1. The molecule has 176 valence electrons. The zero-order valence-corrected chi connectivity index (χ0v) is 20.7. The van der Waals surface area contributed by atoms with Crippen LogP contribution in [0.5, 0.6) is 0 Å². The van der Waals surface area contributed by atoms with Gasteiger partial charge in [-0.3, -0.25) is 0 Å². The third kappa shape index (κ3) is 7.07. The molecule has 0 bridgehead atoms. The van der Waals surface area contributed by atoms with Gasteiger partial charge in [-0.25, -0.2) is 17.7 Å². The Kier molecular flexibility index (Phi) is 8.07. The van der Waals surface area contributed by atoms with Crippen LogP contribution in [0.15, 0.2) is 12.3 Å². The summed E-state index contributed by atoms with van der Waals surface area (Å²) in [7, 11) is -2.08. The summed E-state index contributed by atoms with van der Waals surface area (Å²) in [5.41, 5.74) is -0.804. The molecule has 0 atom stereocenters. The molecule has 2 aromatic rings. The molecule has 0 unspecified atom stereocenters. The molecular formula is C18H28ClF3N4O3SSi. The molecule has 0 spiro atoms. The predicted octanol–water partition coefficient (Wildman–Crippen LogP) is 4.32. The van der Waals surface area contributed by atoms with Crippen LogP contribution in [0, 0.1) is 0 Å². The van der Waals surface area contributed by atoms with Gasteiger partial charge in [-0.15, -0.1) is 0 Å². The van der Waals surface area contributed by atoms with E-state index in [0.717, 1.165) is 16.5 Å². The van der Waals surface area contributed by atoms with Crippen LogP contribution in [0.2, 0.25) is 30.8 Å². The Bertz CT molecular complexity index is 1020. The highest BCUT2D eigenvalue weighted by Crippen LogP contribution is 2.40. The van der Waals surface area contributed by atoms with Gasteiger partial charge in [0.1, 0.15) is 17.5 Å². The van der Waals surface area contributed by atoms with E-state index in [0.29, 0.717) is 6.61 Å². The van der Waals surface area contributed by atoms with Crippen LogP contribution in [0.25, 0.3) is 11.0 Å². The molecule has 0 radical (unpaired) electrons. The minimum absolute atomic E-state index is 0.0133. The predicted molar refractivity (Wildman–Crippen MR) is 120 cm³/mol. The van der Waals surface area contributed by atoms with Gasteiger partial charge in [0, 0.05) is 47.2 Å². The molecule has 0 aliphatic rings. The second-order valence-electron chi connectivity index (χ2n) is 8.57. The summed E-state index contributed by atoms with van der Waals surface area (Å²) in [4.78, 5) is 4.07. The van der Waals surface area contributed by atoms with Crippen molar-refractivity contribution in [2.24, 2.45) is 0 Å². The lowest BCUT2D eigenvalue weighted by Crippen LogP contribution is -2.28. The maximum atomic E-state index is 13.7. The second-order valence-corrected chi connectivity index (χ2v) is 16.9. The first-order chi connectivity index (χ1) is 14.1. The Morgan fingerprint density at radius 1 is 1.29 bits per heavy atom. The molecule has 2 rings (SSSR count). The van der Waals surface area contributed by atoms with Crippen molar-refractivity contribution in [1.29, 1.82) is 0 Å². The van der Waals surface area contributed by atoms with Crippen LogP contribution >= 0.6 is 11.6 Å². The molecular weight excluding hydrogens is 473 g/mol. The molecule has 0 saturated carbocycles. The van der Waals surface area contributed by atoms with Gasteiger partial charge in [-0.05, 0) is 12.1 Å². The Balaban J connectivity index is 2.36. The van der Waals surface area contributed by atoms with Crippen LogP contribution in [-0.2, 0) is 27.7 Å². The summed E-state index contributed by atoms with van der Waals surface area (Å²) >= 11 is 6.05. The third-order valence-corrected chi connectivity index (χ3v) is 8.29. The lowest BCUT2D eigenvalue weighted by molar-refractivity contribution is -0.136. The fourth-order valence-corrected chi connectivity index (χ4v) is 4.42. The first-order valence-electron chi connectivity index (χ1n) is 9.60. The number of halogens is 4. The van der Waals surface area contributed by atoms with Gasteiger partial charge in [0.2, 0.25) is 10.0 Å². The number of alkyl halides is 3. The van der Waals surface area contributed by atoms with Gasteiger partial charge >= 0.3 is 6.18 Å². The van der Waals surface area contributed by atoms with Crippen molar-refractivity contribution in [3.63, 3.8) is 0 Å². The van der Waals surface area contributed by atoms with Gasteiger partial charge < -0.3 is 14.6 Å². The standard InChI is InChI=1S/C18H28ClF3N4O3SSi/c1-25(2)30(27,28)8-6-23-14-10-15(19)24-17-16(14)13(18(20,21)22)11-26(17)12-29-7-9-31(3,4)5/h10-11H,6-9,12H2,1-5H3,(H,23,24). The summed E-state index contributed by atoms with van der Waals surface area (Å²) in [5, 5.41) is 2.59. The van der Waals surface area contributed by atoms with E-state index in [2.05, 4.69) is 29.9 Å². The van der Waals surface area contributed by atoms with E-state index in [-0.39, 0.29) is 40.9 Å². The molecule has 0 aliphatic heterocycles. The quantitative estimate of drug-likeness (QED) is 0.298. The molecule has 2 heterocycles. The van der Waals surface area contributed by atoms with Crippen LogP contribution in [-0.4, -0.2) is 63.3 Å². The second kappa shape index (κ2) is 9.65. The lowest BCUT2D eigenvalue weighted by atomic mass is 10.2. The van der Waals surface area contributed by atoms with Crippen molar-refractivity contribution >= 4 is 46.4 Å². The van der Waals surface area contributed by atoms with Crippen LogP contribution in [0.3, 0.4) is 0 Å². The van der Waals surface area contributed by atoms with Gasteiger partial charge in [-0.1, -0.05) is 31.2 Å². The number of anilines is 1. The molecule has 2 aromatic heterocycles. The number of nitrogens with one attached hydrogen (secondary N) is 1. The summed E-state index contributed by atoms with van der Waals surface area (Å²) in [5.74, 6) is -0.288. The first-order valence-corrected chi connectivity index (χ1v) is 15.3. The van der Waals surface area contributed by atoms with E-state index in [9.17, 15) is 21.6 Å². The normalized spacial score (nSPS) is 13.4. The van der Waals surface area contributed by atoms with Crippen LogP contribution < -0.4 is 5.32 Å².